The zero-order chi connectivity index (χ0) is 17.0. The van der Waals surface area contributed by atoms with Gasteiger partial charge in [-0.2, -0.15) is 4.98 Å². The van der Waals surface area contributed by atoms with Gasteiger partial charge in [0.05, 0.1) is 19.0 Å². The summed E-state index contributed by atoms with van der Waals surface area (Å²) in [7, 11) is 2.89. The van der Waals surface area contributed by atoms with Gasteiger partial charge in [-0.15, -0.1) is 0 Å². The number of hydrogen-bond donors (Lipinski definition) is 4. The third-order valence-electron chi connectivity index (χ3n) is 3.35. The molecule has 0 radical (unpaired) electrons. The Morgan fingerprint density at radius 2 is 2.62 bits per heavy atom. The van der Waals surface area contributed by atoms with Crippen molar-refractivity contribution in [2.45, 2.75) is 32.3 Å². The maximum Gasteiger partial charge on any atom is 0.280 e. The lowest BCUT2D eigenvalue weighted by molar-refractivity contribution is -0.0432. The molecule has 3 heterocycles. The number of aromatic amines is 1. The first-order chi connectivity index (χ1) is 11.1. The fraction of sp³-hybridized carbons (Fsp3) is 0.583. The maximum atomic E-state index is 11.9. The molecule has 4 N–H and O–H groups in total. The summed E-state index contributed by atoms with van der Waals surface area (Å²) in [5.74, 6) is 0.318. The average molecular weight is 300 g/mol. The number of anilines is 1. The number of nitrogens with zero attached hydrogens (tertiary/aromatic N) is 3. The zero-order valence-electron chi connectivity index (χ0n) is 13.7. The highest BCUT2D eigenvalue weighted by molar-refractivity contribution is 5.70. The summed E-state index contributed by atoms with van der Waals surface area (Å²) >= 11 is 0. The lowest BCUT2D eigenvalue weighted by Crippen LogP contribution is -2.24. The summed E-state index contributed by atoms with van der Waals surface area (Å²) in [6.07, 6.45) is -0.0836. The molecule has 2 aromatic heterocycles. The average Bonchev–Trinajstić information content (AvgIpc) is 3.14. The highest BCUT2D eigenvalue weighted by atomic mass is 16.5. The first-order valence-corrected chi connectivity index (χ1v) is 6.20. The number of hydrogen-bond acceptors (Lipinski definition) is 7. The summed E-state index contributed by atoms with van der Waals surface area (Å²) in [4.78, 5) is 22.7. The summed E-state index contributed by atoms with van der Waals surface area (Å²) in [6.45, 7) is -0.0277. The molecule has 9 heteroatoms. The second-order valence-electron chi connectivity index (χ2n) is 4.59. The van der Waals surface area contributed by atoms with Crippen molar-refractivity contribution in [2.24, 2.45) is 0 Å². The van der Waals surface area contributed by atoms with Gasteiger partial charge in [0.15, 0.2) is 11.2 Å². The van der Waals surface area contributed by atoms with Gasteiger partial charge in [0.25, 0.3) is 5.56 Å². The molecule has 2 aromatic rings. The van der Waals surface area contributed by atoms with Gasteiger partial charge < -0.3 is 20.3 Å². The second kappa shape index (κ2) is 5.80. The summed E-state index contributed by atoms with van der Waals surface area (Å²) in [5, 5.41) is 16.9. The van der Waals surface area contributed by atoms with Crippen LogP contribution in [-0.4, -0.2) is 57.0 Å². The molecule has 0 aliphatic carbocycles. The van der Waals surface area contributed by atoms with Crippen LogP contribution in [0.15, 0.2) is 11.1 Å². The molecular weight excluding hydrogens is 278 g/mol. The third-order valence-corrected chi connectivity index (χ3v) is 3.35. The fourth-order valence-corrected chi connectivity index (χ4v) is 2.29. The van der Waals surface area contributed by atoms with Gasteiger partial charge in [0.1, 0.15) is 12.3 Å². The van der Waals surface area contributed by atoms with Crippen molar-refractivity contribution >= 4 is 17.1 Å². The number of ether oxygens (including phenoxy) is 1. The largest absolute Gasteiger partial charge is 0.394 e. The number of aliphatic hydroxyl groups is 2. The lowest BCUT2D eigenvalue weighted by atomic mass is 10.2. The number of aromatic nitrogens is 4. The van der Waals surface area contributed by atoms with E-state index in [-0.39, 0.29) is 17.7 Å². The Bertz CT molecular complexity index is 706. The number of H-pyrrole nitrogens is 1. The highest BCUT2D eigenvalue weighted by Gasteiger charge is 2.35. The Kier molecular flexibility index (Phi) is 3.52. The van der Waals surface area contributed by atoms with Crippen molar-refractivity contribution in [3.05, 3.63) is 16.7 Å². The Morgan fingerprint density at radius 1 is 1.81 bits per heavy atom. The van der Waals surface area contributed by atoms with E-state index in [9.17, 15) is 9.90 Å². The van der Waals surface area contributed by atoms with E-state index in [4.69, 9.17) is 7.54 Å². The van der Waals surface area contributed by atoms with Crippen molar-refractivity contribution in [2.75, 3.05) is 19.0 Å². The van der Waals surface area contributed by atoms with E-state index in [1.807, 2.05) is 0 Å². The van der Waals surface area contributed by atoms with Gasteiger partial charge in [0, 0.05) is 14.8 Å². The molecule has 0 bridgehead atoms. The standard InChI is InChI=1S/C11H15N5O4.CH4/c1-12-11-14-9-8(10(19)15-11)13-4-16(9)7-2-5(18)6(3-17)20-7;/h4-7,17-18H,2-3H2,1H3,(H2,12,14,15,19);1H4/t5?,6-,7-;/m1./s1/i17D;1T. The van der Waals surface area contributed by atoms with Crippen LogP contribution in [0, 0.1) is 0 Å². The molecule has 21 heavy (non-hydrogen) atoms. The van der Waals surface area contributed by atoms with Crippen LogP contribution in [0.4, 0.5) is 5.95 Å². The van der Waals surface area contributed by atoms with E-state index in [0.29, 0.717) is 18.0 Å². The van der Waals surface area contributed by atoms with E-state index >= 15 is 0 Å². The molecule has 1 fully saturated rings. The Balaban J connectivity index is 0.000000924. The van der Waals surface area contributed by atoms with Crippen molar-refractivity contribution in [3.63, 3.8) is 0 Å². The van der Waals surface area contributed by atoms with E-state index in [0.717, 1.165) is 0 Å². The van der Waals surface area contributed by atoms with Gasteiger partial charge in [0.2, 0.25) is 7.38 Å². The van der Waals surface area contributed by atoms with Crippen LogP contribution >= 0.6 is 0 Å². The van der Waals surface area contributed by atoms with Crippen molar-refractivity contribution in [1.29, 1.82) is 1.43 Å². The molecule has 1 unspecified atom stereocenters. The molecule has 0 aromatic carbocycles. The minimum Gasteiger partial charge on any atom is -0.394 e. The highest BCUT2D eigenvalue weighted by Crippen LogP contribution is 2.30. The molecule has 116 valence electrons. The van der Waals surface area contributed by atoms with Crippen LogP contribution < -0.4 is 10.9 Å². The van der Waals surface area contributed by atoms with Crippen LogP contribution in [0.2, 0.25) is 0 Å². The van der Waals surface area contributed by atoms with Gasteiger partial charge in [-0.3, -0.25) is 14.3 Å². The smallest absolute Gasteiger partial charge is 0.280 e. The van der Waals surface area contributed by atoms with Crippen LogP contribution in [0.3, 0.4) is 0 Å². The number of fused-ring (bicyclic) bond motifs is 1. The molecule has 1 aliphatic rings. The van der Waals surface area contributed by atoms with E-state index in [1.54, 1.807) is 11.6 Å². The maximum absolute atomic E-state index is 11.9. The fourth-order valence-electron chi connectivity index (χ4n) is 2.29. The summed E-state index contributed by atoms with van der Waals surface area (Å²) < 4.78 is 19.7. The molecule has 1 saturated heterocycles. The number of nitrogens with one attached hydrogen (secondary N) is 2. The minimum absolute atomic E-state index is 0.0277. The van der Waals surface area contributed by atoms with E-state index in [1.165, 1.54) is 13.7 Å². The van der Waals surface area contributed by atoms with E-state index in [2.05, 4.69) is 25.4 Å². The van der Waals surface area contributed by atoms with Crippen LogP contribution in [0.1, 0.15) is 21.4 Å². The molecule has 1 aliphatic heterocycles. The first kappa shape index (κ1) is 12.7. The van der Waals surface area contributed by atoms with Crippen molar-refractivity contribution in [1.82, 2.24) is 19.5 Å². The second-order valence-corrected chi connectivity index (χ2v) is 4.59. The zero-order valence-corrected chi connectivity index (χ0v) is 11.7. The van der Waals surface area contributed by atoms with Gasteiger partial charge >= 0.3 is 0 Å². The van der Waals surface area contributed by atoms with Crippen LogP contribution in [0.5, 0.6) is 0 Å². The predicted octanol–water partition coefficient (Wildman–Crippen LogP) is -0.562. The number of rotatable bonds is 4. The molecule has 9 nitrogen and oxygen atoms in total. The van der Waals surface area contributed by atoms with Gasteiger partial charge in [-0.1, -0.05) is 7.40 Å². The molecule has 0 spiro atoms. The number of aliphatic hydroxyl groups excluding tert-OH is 2. The molecule has 0 amide bonds. The normalized spacial score (nSPS) is 26.0. The van der Waals surface area contributed by atoms with Gasteiger partial charge in [-0.05, 0) is 0 Å². The first-order valence-electron chi connectivity index (χ1n) is 7.61. The molecular formula is C12H19N5O4. The van der Waals surface area contributed by atoms with Crippen LogP contribution in [0.25, 0.3) is 11.2 Å². The Labute approximate surface area is 123 Å². The Morgan fingerprint density at radius 3 is 3.33 bits per heavy atom. The lowest BCUT2D eigenvalue weighted by Gasteiger charge is -2.13. The molecule has 3 atom stereocenters. The predicted molar refractivity (Wildman–Crippen MR) is 76.0 cm³/mol. The van der Waals surface area contributed by atoms with Crippen LogP contribution in [-0.2, 0) is 4.74 Å². The minimum atomic E-state index is -0.747. The third kappa shape index (κ3) is 2.50. The summed E-state index contributed by atoms with van der Waals surface area (Å²) in [5.41, 5.74) is 0.215. The molecule has 3 rings (SSSR count). The van der Waals surface area contributed by atoms with Crippen molar-refractivity contribution in [3.8, 4) is 0 Å². The topological polar surface area (TPSA) is 125 Å². The quantitative estimate of drug-likeness (QED) is 0.596. The van der Waals surface area contributed by atoms with E-state index < -0.39 is 18.4 Å². The SMILES string of the molecule is [2H]OC[C@H]1O[C@@H](n2cnc3c(=O)[nH]c(NC)nc32)CC1O.[3H]C. The van der Waals surface area contributed by atoms with Gasteiger partial charge in [-0.25, -0.2) is 4.98 Å². The number of imidazole rings is 1. The monoisotopic (exact) mass is 300 g/mol. The van der Waals surface area contributed by atoms with Crippen molar-refractivity contribution < 1.29 is 16.3 Å². The molecule has 0 saturated carbocycles. The Hall–Kier alpha value is -1.97. The summed E-state index contributed by atoms with van der Waals surface area (Å²) in [6, 6.07) is 0.